The Labute approximate surface area is 602 Å². The van der Waals surface area contributed by atoms with Gasteiger partial charge in [-0.3, -0.25) is 14.5 Å². The Balaban J connectivity index is 0.000000116. The van der Waals surface area contributed by atoms with Crippen molar-refractivity contribution in [2.45, 2.75) is 349 Å². The number of allylic oxidation sites excluding steroid dienone is 3. The van der Waals surface area contributed by atoms with Crippen LogP contribution in [0.2, 0.25) is 0 Å². The molecule has 18 aliphatic rings. The predicted octanol–water partition coefficient (Wildman–Crippen LogP) is 17.7. The molecule has 0 bridgehead atoms. The maximum absolute atomic E-state index is 12.3. The molecule has 0 aromatic carbocycles. The number of rotatable bonds is 3. The highest BCUT2D eigenvalue weighted by Crippen LogP contribution is 2.70. The summed E-state index contributed by atoms with van der Waals surface area (Å²) in [6, 6.07) is 1.60. The molecule has 12 aliphatic carbocycles. The fourth-order valence-electron chi connectivity index (χ4n) is 30.5. The maximum Gasteiger partial charge on any atom is 0.216 e. The minimum Gasteiger partial charge on any atom is -0.393 e. The van der Waals surface area contributed by atoms with Crippen molar-refractivity contribution in [1.29, 1.82) is 0 Å². The quantitative estimate of drug-likeness (QED) is 0.205. The summed E-state index contributed by atoms with van der Waals surface area (Å²) in [6.45, 7) is 39.0. The van der Waals surface area contributed by atoms with E-state index in [1.807, 2.05) is 11.1 Å². The number of aliphatic hydroxyl groups excluding tert-OH is 1. The zero-order valence-electron chi connectivity index (χ0n) is 65.2. The number of likely N-dealkylation sites (tertiary alicyclic amines) is 1. The second-order valence-electron chi connectivity index (χ2n) is 41.1. The largest absolute Gasteiger partial charge is 0.393 e. The Kier molecular flexibility index (Phi) is 19.3. The van der Waals surface area contributed by atoms with Gasteiger partial charge in [-0.1, -0.05) is 109 Å². The first-order chi connectivity index (χ1) is 47.2. The molecule has 99 heavy (non-hydrogen) atoms. The SMILES string of the molecule is CC(=O)NCCN1C[C@@H](C)C[C@H]2O[C@]3(CC[C@@H]4C(=C(C)C3)C[C@H]3[C@H]4CC[C@@H]4CC(=O)CC[C@@]43C)[C@H](C)[C@@H]21.CC1=C2C[C@H]3[C@@H](CC[C@@H]4C[C@H](C)CC[C@@]43C)[C@@H]2CC[C@@]2(C1)O[C@@H]1C[C@H](C)CN[C@H]1[C@H]2C.CC1=C2C[C@H]3[C@@H](CC[C@@H]4C[C@H](O)CC[C@@]43C)[C@@H]2CC[C@@]2(C1)O[C@@H]1C[C@H](C)CN[C@H]1[C@H]2C. The molecule has 3 spiro atoms. The Bertz CT molecular complexity index is 3010. The summed E-state index contributed by atoms with van der Waals surface area (Å²) >= 11 is 0. The summed E-state index contributed by atoms with van der Waals surface area (Å²) in [6.07, 6.45) is 39.0. The van der Waals surface area contributed by atoms with Crippen molar-refractivity contribution in [2.24, 2.45) is 129 Å². The predicted molar refractivity (Wildman–Crippen MR) is 398 cm³/mol. The highest BCUT2D eigenvalue weighted by molar-refractivity contribution is 5.79. The molecule has 1 amide bonds. The maximum atomic E-state index is 12.3. The standard InChI is InChI=1S/C32H50N2O3.C29H47NO.C28H45NO2/c1-19-14-29-30(34(18-19)13-12-33-22(4)35)21(3)32(37-29)11-9-25-26-7-6-23-15-24(36)8-10-31(23,5)28(26)16-27(25)20(2)17-32;1-17-8-10-28(5)21(12-17)6-7-23-22-9-11-29(15-19(3)24(22)14-25(23)28)20(4)27-26(31-29)13-18(2)16-30-27;1-16-11-25-26(29-15-16)18(3)28(31-25)10-8-21-22-6-5-19-12-20(30)7-9-27(19,4)24(22)13-23(21)17(2)14-28/h19,21,23,25-26,28-30H,6-18H2,1-5H3,(H,33,35);17-18,20-23,25-27,30H,6-16H2,1-5H3;16,18-22,24-26,29-30H,5-15H2,1-4H3/t19-,21+,23+,25-,26-,28-,29+,30-,31-,32-;17-,18+,20-,21-,22+,23+,25+,26-,27+,28+,29+;16-,18+,19+,20+,21-,22-,24-,25+,26-,27-,28-/m010/s1. The van der Waals surface area contributed by atoms with Gasteiger partial charge in [0.25, 0.3) is 0 Å². The van der Waals surface area contributed by atoms with Crippen molar-refractivity contribution in [3.8, 4) is 0 Å². The van der Waals surface area contributed by atoms with Gasteiger partial charge in [-0.2, -0.15) is 0 Å². The molecule has 554 valence electrons. The van der Waals surface area contributed by atoms with E-state index < -0.39 is 0 Å². The van der Waals surface area contributed by atoms with Gasteiger partial charge in [0.1, 0.15) is 5.78 Å². The number of carbonyl (C=O) groups excluding carboxylic acids is 2. The number of aliphatic hydroxyl groups is 1. The van der Waals surface area contributed by atoms with E-state index in [4.69, 9.17) is 14.2 Å². The minimum atomic E-state index is -0.0407. The molecule has 9 saturated carbocycles. The number of nitrogens with zero attached hydrogens (tertiary/aromatic N) is 1. The topological polar surface area (TPSA) is 121 Å². The van der Waals surface area contributed by atoms with Crippen LogP contribution in [0, 0.1) is 129 Å². The number of amides is 1. The number of ether oxygens (including phenoxy) is 3. The van der Waals surface area contributed by atoms with Gasteiger partial charge in [0.15, 0.2) is 0 Å². The van der Waals surface area contributed by atoms with Crippen molar-refractivity contribution < 1.29 is 28.9 Å². The van der Waals surface area contributed by atoms with Crippen LogP contribution in [-0.4, -0.2) is 114 Å². The van der Waals surface area contributed by atoms with E-state index in [1.165, 1.54) is 154 Å². The van der Waals surface area contributed by atoms with Gasteiger partial charge < -0.3 is 35.3 Å². The van der Waals surface area contributed by atoms with Crippen LogP contribution in [0.5, 0.6) is 0 Å². The van der Waals surface area contributed by atoms with Gasteiger partial charge in [0, 0.05) is 75.3 Å². The normalized spacial score (nSPS) is 53.3. The lowest BCUT2D eigenvalue weighted by molar-refractivity contribution is -0.130. The highest BCUT2D eigenvalue weighted by Gasteiger charge is 2.64. The summed E-state index contributed by atoms with van der Waals surface area (Å²) in [5.41, 5.74) is 12.2. The van der Waals surface area contributed by atoms with E-state index in [0.29, 0.717) is 88.1 Å². The van der Waals surface area contributed by atoms with Crippen LogP contribution in [0.1, 0.15) is 290 Å². The number of hydrogen-bond donors (Lipinski definition) is 4. The number of hydrogen-bond acceptors (Lipinski definition) is 9. The highest BCUT2D eigenvalue weighted by atomic mass is 16.5. The second kappa shape index (κ2) is 26.8. The molecule has 6 heterocycles. The third-order valence-electron chi connectivity index (χ3n) is 35.9. The first kappa shape index (κ1) is 71.3. The third-order valence-corrected chi connectivity index (χ3v) is 35.9. The van der Waals surface area contributed by atoms with E-state index in [2.05, 4.69) is 111 Å². The molecule has 4 N–H and O–H groups in total. The zero-order chi connectivity index (χ0) is 69.2. The minimum absolute atomic E-state index is 0.0387. The molecule has 10 nitrogen and oxygen atoms in total. The van der Waals surface area contributed by atoms with Gasteiger partial charge >= 0.3 is 0 Å². The van der Waals surface area contributed by atoms with Gasteiger partial charge in [0.05, 0.1) is 41.2 Å². The van der Waals surface area contributed by atoms with Crippen molar-refractivity contribution >= 4 is 11.7 Å². The smallest absolute Gasteiger partial charge is 0.216 e. The molecular weight excluding hydrogens is 1220 g/mol. The average molecular weight is 1360 g/mol. The van der Waals surface area contributed by atoms with Crippen LogP contribution < -0.4 is 16.0 Å². The van der Waals surface area contributed by atoms with Crippen LogP contribution in [0.15, 0.2) is 33.4 Å². The van der Waals surface area contributed by atoms with Crippen LogP contribution >= 0.6 is 0 Å². The fraction of sp³-hybridized carbons (Fsp3) is 0.910. The summed E-state index contributed by atoms with van der Waals surface area (Å²) in [5, 5.41) is 21.1. The Hall–Kier alpha value is -1.92. The lowest BCUT2D eigenvalue weighted by Gasteiger charge is -2.54. The van der Waals surface area contributed by atoms with Crippen molar-refractivity contribution in [3.63, 3.8) is 0 Å². The summed E-state index contributed by atoms with van der Waals surface area (Å²) in [7, 11) is 0. The molecule has 0 radical (unpaired) electrons. The lowest BCUT2D eigenvalue weighted by atomic mass is 9.51. The molecule has 0 aromatic rings. The van der Waals surface area contributed by atoms with E-state index in [-0.39, 0.29) is 28.8 Å². The van der Waals surface area contributed by atoms with E-state index in [9.17, 15) is 14.7 Å². The molecule has 6 saturated heterocycles. The second-order valence-corrected chi connectivity index (χ2v) is 41.1. The average Bonchev–Trinajstić information content (AvgIpc) is 1.65. The summed E-state index contributed by atoms with van der Waals surface area (Å²) < 4.78 is 21.3. The number of ketones is 1. The van der Waals surface area contributed by atoms with Gasteiger partial charge in [-0.05, 0) is 318 Å². The monoisotopic (exact) mass is 1360 g/mol. The number of nitrogens with one attached hydrogen (secondary N) is 3. The van der Waals surface area contributed by atoms with Crippen molar-refractivity contribution in [2.75, 3.05) is 32.7 Å². The van der Waals surface area contributed by atoms with Crippen LogP contribution in [0.25, 0.3) is 0 Å². The molecular formula is C89H142N4O6. The van der Waals surface area contributed by atoms with Crippen LogP contribution in [0.3, 0.4) is 0 Å². The molecule has 15 fully saturated rings. The molecule has 6 aliphatic heterocycles. The van der Waals surface area contributed by atoms with Gasteiger partial charge in [-0.15, -0.1) is 0 Å². The lowest BCUT2D eigenvalue weighted by Crippen LogP contribution is -2.53. The van der Waals surface area contributed by atoms with E-state index in [1.54, 1.807) is 29.2 Å². The Morgan fingerprint density at radius 3 is 1.45 bits per heavy atom. The summed E-state index contributed by atoms with van der Waals surface area (Å²) in [5.74, 6) is 15.4. The molecule has 10 heteroatoms. The molecule has 0 aromatic heterocycles. The van der Waals surface area contributed by atoms with Crippen molar-refractivity contribution in [3.05, 3.63) is 33.4 Å². The van der Waals surface area contributed by atoms with E-state index >= 15 is 0 Å². The number of Topliss-reactive ketones (excluding diaryl/α,β-unsaturated/α-hetero) is 1. The Morgan fingerprint density at radius 2 is 0.949 bits per heavy atom. The van der Waals surface area contributed by atoms with Crippen LogP contribution in [0.4, 0.5) is 0 Å². The number of piperidine rings is 3. The molecule has 32 atom stereocenters. The molecule has 18 rings (SSSR count). The fourth-order valence-corrected chi connectivity index (χ4v) is 30.5. The summed E-state index contributed by atoms with van der Waals surface area (Å²) in [4.78, 5) is 26.4. The Morgan fingerprint density at radius 1 is 0.505 bits per heavy atom. The number of fused-ring (bicyclic) bond motifs is 18. The van der Waals surface area contributed by atoms with Crippen LogP contribution in [-0.2, 0) is 23.8 Å². The first-order valence-corrected chi connectivity index (χ1v) is 43.0. The zero-order valence-corrected chi connectivity index (χ0v) is 65.2. The van der Waals surface area contributed by atoms with Crippen molar-refractivity contribution in [1.82, 2.24) is 20.9 Å². The van der Waals surface area contributed by atoms with E-state index in [0.717, 1.165) is 154 Å². The van der Waals surface area contributed by atoms with Gasteiger partial charge in [-0.25, -0.2) is 0 Å². The first-order valence-electron chi connectivity index (χ1n) is 43.0. The number of carbonyl (C=O) groups is 2. The molecule has 0 unspecified atom stereocenters. The van der Waals surface area contributed by atoms with Gasteiger partial charge in [0.2, 0.25) is 5.91 Å². The third kappa shape index (κ3) is 12.1.